The van der Waals surface area contributed by atoms with E-state index in [-0.39, 0.29) is 11.6 Å². The molecule has 1 heterocycles. The lowest BCUT2D eigenvalue weighted by molar-refractivity contribution is -0.384. The predicted molar refractivity (Wildman–Crippen MR) is 85.7 cm³/mol. The van der Waals surface area contributed by atoms with Crippen LogP contribution in [0.1, 0.15) is 10.4 Å². The number of aromatic nitrogens is 1. The summed E-state index contributed by atoms with van der Waals surface area (Å²) in [4.78, 5) is 26.6. The Balaban J connectivity index is 1.86. The van der Waals surface area contributed by atoms with Gasteiger partial charge in [-0.25, -0.2) is 4.98 Å². The minimum absolute atomic E-state index is 0.00766. The third kappa shape index (κ3) is 2.90. The molecule has 0 radical (unpaired) electrons. The predicted octanol–water partition coefficient (Wildman–Crippen LogP) is 4.11. The number of carbonyl (C=O) groups is 1. The first-order chi connectivity index (χ1) is 10.5. The molecular weight excluding hydrogens is 326 g/mol. The fourth-order valence-corrected chi connectivity index (χ4v) is 2.87. The van der Waals surface area contributed by atoms with Crippen molar-refractivity contribution >= 4 is 49.9 Å². The molecule has 0 spiro atoms. The standard InChI is InChI=1S/C14H8ClN3O3S/c15-9-3-1-8(2-4-9)13(19)17-14-16-11-6-5-10(18(20)21)7-12(11)22-14/h1-7H,(H,16,17,19). The van der Waals surface area contributed by atoms with E-state index in [2.05, 4.69) is 10.3 Å². The summed E-state index contributed by atoms with van der Waals surface area (Å²) in [6.07, 6.45) is 0. The Hall–Kier alpha value is -2.51. The zero-order chi connectivity index (χ0) is 15.7. The minimum Gasteiger partial charge on any atom is -0.298 e. The van der Waals surface area contributed by atoms with Gasteiger partial charge in [0.25, 0.3) is 11.6 Å². The highest BCUT2D eigenvalue weighted by Crippen LogP contribution is 2.29. The van der Waals surface area contributed by atoms with Crippen molar-refractivity contribution in [2.24, 2.45) is 0 Å². The van der Waals surface area contributed by atoms with Crippen LogP contribution in [-0.2, 0) is 0 Å². The van der Waals surface area contributed by atoms with Crippen molar-refractivity contribution in [2.75, 3.05) is 5.32 Å². The van der Waals surface area contributed by atoms with E-state index in [1.54, 1.807) is 30.3 Å². The summed E-state index contributed by atoms with van der Waals surface area (Å²) < 4.78 is 0.639. The number of halogens is 1. The molecule has 8 heteroatoms. The molecule has 0 saturated heterocycles. The Morgan fingerprint density at radius 1 is 1.23 bits per heavy atom. The van der Waals surface area contributed by atoms with Gasteiger partial charge in [-0.3, -0.25) is 20.2 Å². The van der Waals surface area contributed by atoms with Gasteiger partial charge in [0.1, 0.15) is 0 Å². The zero-order valence-corrected chi connectivity index (χ0v) is 12.5. The molecule has 6 nitrogen and oxygen atoms in total. The van der Waals surface area contributed by atoms with Gasteiger partial charge >= 0.3 is 0 Å². The highest BCUT2D eigenvalue weighted by molar-refractivity contribution is 7.22. The maximum atomic E-state index is 12.1. The number of nitrogens with zero attached hydrogens (tertiary/aromatic N) is 2. The molecule has 22 heavy (non-hydrogen) atoms. The van der Waals surface area contributed by atoms with Crippen molar-refractivity contribution in [3.8, 4) is 0 Å². The molecule has 0 atom stereocenters. The van der Waals surface area contributed by atoms with Crippen molar-refractivity contribution < 1.29 is 9.72 Å². The first-order valence-electron chi connectivity index (χ1n) is 6.15. The Bertz CT molecular complexity index is 877. The van der Waals surface area contributed by atoms with Gasteiger partial charge in [0.15, 0.2) is 5.13 Å². The van der Waals surface area contributed by atoms with Crippen molar-refractivity contribution in [1.82, 2.24) is 4.98 Å². The smallest absolute Gasteiger partial charge is 0.270 e. The van der Waals surface area contributed by atoms with Gasteiger partial charge in [-0.2, -0.15) is 0 Å². The molecule has 0 aliphatic heterocycles. The molecule has 0 fully saturated rings. The maximum Gasteiger partial charge on any atom is 0.270 e. The van der Waals surface area contributed by atoms with Crippen LogP contribution in [0.4, 0.5) is 10.8 Å². The third-order valence-electron chi connectivity index (χ3n) is 2.91. The van der Waals surface area contributed by atoms with Crippen LogP contribution < -0.4 is 5.32 Å². The second-order valence-corrected chi connectivity index (χ2v) is 5.86. The highest BCUT2D eigenvalue weighted by Gasteiger charge is 2.12. The number of nitrogens with one attached hydrogen (secondary N) is 1. The molecule has 2 aromatic carbocycles. The van der Waals surface area contributed by atoms with Crippen molar-refractivity contribution in [3.05, 3.63) is 63.2 Å². The van der Waals surface area contributed by atoms with Crippen LogP contribution in [0.2, 0.25) is 5.02 Å². The van der Waals surface area contributed by atoms with Gasteiger partial charge in [-0.1, -0.05) is 22.9 Å². The Morgan fingerprint density at radius 2 is 1.95 bits per heavy atom. The number of rotatable bonds is 3. The molecule has 110 valence electrons. The van der Waals surface area contributed by atoms with Gasteiger partial charge in [-0.05, 0) is 30.3 Å². The average molecular weight is 334 g/mol. The second-order valence-electron chi connectivity index (χ2n) is 4.39. The average Bonchev–Trinajstić information content (AvgIpc) is 2.88. The molecule has 3 aromatic rings. The van der Waals surface area contributed by atoms with Crippen LogP contribution >= 0.6 is 22.9 Å². The normalized spacial score (nSPS) is 10.6. The SMILES string of the molecule is O=C(Nc1nc2ccc([N+](=O)[O-])cc2s1)c1ccc(Cl)cc1. The van der Waals surface area contributed by atoms with Crippen LogP contribution in [-0.4, -0.2) is 15.8 Å². The summed E-state index contributed by atoms with van der Waals surface area (Å²) in [5.74, 6) is -0.315. The van der Waals surface area contributed by atoms with Gasteiger partial charge in [-0.15, -0.1) is 0 Å². The van der Waals surface area contributed by atoms with Crippen LogP contribution in [0.25, 0.3) is 10.2 Å². The number of benzene rings is 2. The van der Waals surface area contributed by atoms with Crippen LogP contribution in [0.15, 0.2) is 42.5 Å². The van der Waals surface area contributed by atoms with Crippen molar-refractivity contribution in [2.45, 2.75) is 0 Å². The molecular formula is C14H8ClN3O3S. The van der Waals surface area contributed by atoms with E-state index in [4.69, 9.17) is 11.6 Å². The fraction of sp³-hybridized carbons (Fsp3) is 0. The van der Waals surface area contributed by atoms with E-state index in [1.165, 1.54) is 23.5 Å². The topological polar surface area (TPSA) is 85.1 Å². The lowest BCUT2D eigenvalue weighted by atomic mass is 10.2. The maximum absolute atomic E-state index is 12.1. The van der Waals surface area contributed by atoms with Gasteiger partial charge in [0, 0.05) is 22.7 Å². The number of amides is 1. The first-order valence-corrected chi connectivity index (χ1v) is 7.34. The number of hydrogen-bond donors (Lipinski definition) is 1. The van der Waals surface area contributed by atoms with Gasteiger partial charge in [0.05, 0.1) is 15.1 Å². The lowest BCUT2D eigenvalue weighted by Crippen LogP contribution is -2.11. The molecule has 0 aliphatic carbocycles. The number of fused-ring (bicyclic) bond motifs is 1. The number of anilines is 1. The van der Waals surface area contributed by atoms with Crippen LogP contribution in [0, 0.1) is 10.1 Å². The molecule has 0 aliphatic rings. The summed E-state index contributed by atoms with van der Waals surface area (Å²) in [5.41, 5.74) is 1.04. The van der Waals surface area contributed by atoms with E-state index in [1.807, 2.05) is 0 Å². The molecule has 3 rings (SSSR count). The number of carbonyl (C=O) groups excluding carboxylic acids is 1. The summed E-state index contributed by atoms with van der Waals surface area (Å²) in [7, 11) is 0. The summed E-state index contributed by atoms with van der Waals surface area (Å²) in [5, 5.41) is 14.4. The summed E-state index contributed by atoms with van der Waals surface area (Å²) in [6, 6.07) is 10.8. The molecule has 1 amide bonds. The number of nitro benzene ring substituents is 1. The third-order valence-corrected chi connectivity index (χ3v) is 4.10. The number of hydrogen-bond acceptors (Lipinski definition) is 5. The molecule has 0 bridgehead atoms. The first kappa shape index (κ1) is 14.4. The number of nitro groups is 1. The zero-order valence-electron chi connectivity index (χ0n) is 10.9. The van der Waals surface area contributed by atoms with Gasteiger partial charge in [0.2, 0.25) is 0 Å². The van der Waals surface area contributed by atoms with Crippen molar-refractivity contribution in [3.63, 3.8) is 0 Å². The van der Waals surface area contributed by atoms with E-state index in [0.717, 1.165) is 0 Å². The van der Waals surface area contributed by atoms with Crippen LogP contribution in [0.3, 0.4) is 0 Å². The summed E-state index contributed by atoms with van der Waals surface area (Å²) in [6.45, 7) is 0. The molecule has 0 unspecified atom stereocenters. The highest BCUT2D eigenvalue weighted by atomic mass is 35.5. The number of thiazole rings is 1. The van der Waals surface area contributed by atoms with Crippen LogP contribution in [0.5, 0.6) is 0 Å². The summed E-state index contributed by atoms with van der Waals surface area (Å²) >= 11 is 6.95. The van der Waals surface area contributed by atoms with E-state index < -0.39 is 4.92 Å². The lowest BCUT2D eigenvalue weighted by Gasteiger charge is -2.01. The van der Waals surface area contributed by atoms with E-state index in [0.29, 0.717) is 25.9 Å². The number of non-ortho nitro benzene ring substituents is 1. The molecule has 1 N–H and O–H groups in total. The second kappa shape index (κ2) is 5.70. The van der Waals surface area contributed by atoms with E-state index in [9.17, 15) is 14.9 Å². The fourth-order valence-electron chi connectivity index (χ4n) is 1.85. The Kier molecular flexibility index (Phi) is 3.74. The Labute approximate surface area is 133 Å². The van der Waals surface area contributed by atoms with E-state index >= 15 is 0 Å². The minimum atomic E-state index is -0.467. The quantitative estimate of drug-likeness (QED) is 0.577. The molecule has 1 aromatic heterocycles. The molecule has 0 saturated carbocycles. The van der Waals surface area contributed by atoms with Gasteiger partial charge < -0.3 is 0 Å². The van der Waals surface area contributed by atoms with Crippen molar-refractivity contribution in [1.29, 1.82) is 0 Å². The monoisotopic (exact) mass is 333 g/mol. The largest absolute Gasteiger partial charge is 0.298 e. The Morgan fingerprint density at radius 3 is 2.64 bits per heavy atom.